The predicted molar refractivity (Wildman–Crippen MR) is 109 cm³/mol. The number of rotatable bonds is 9. The Hall–Kier alpha value is -2.88. The van der Waals surface area contributed by atoms with Gasteiger partial charge < -0.3 is 20.3 Å². The van der Waals surface area contributed by atoms with Crippen molar-refractivity contribution in [2.45, 2.75) is 43.8 Å². The van der Waals surface area contributed by atoms with Crippen LogP contribution in [0.4, 0.5) is 0 Å². The molecule has 6 nitrogen and oxygen atoms in total. The zero-order valence-corrected chi connectivity index (χ0v) is 16.3. The first kappa shape index (κ1) is 20.8. The molecule has 0 bridgehead atoms. The van der Waals surface area contributed by atoms with Crippen molar-refractivity contribution in [2.75, 3.05) is 13.1 Å². The molecule has 0 spiro atoms. The molecular formula is C23H26N2O4. The maximum atomic E-state index is 10.9. The average Bonchev–Trinajstić information content (AvgIpc) is 2.73. The lowest BCUT2D eigenvalue weighted by molar-refractivity contribution is -0.137. The minimum absolute atomic E-state index is 0.107. The van der Waals surface area contributed by atoms with Gasteiger partial charge >= 0.3 is 5.97 Å². The van der Waals surface area contributed by atoms with Crippen LogP contribution in [0, 0.1) is 11.3 Å². The van der Waals surface area contributed by atoms with Crippen LogP contribution in [-0.2, 0) is 11.2 Å². The highest BCUT2D eigenvalue weighted by molar-refractivity contribution is 5.66. The third-order valence-corrected chi connectivity index (χ3v) is 5.36. The van der Waals surface area contributed by atoms with Gasteiger partial charge in [0.1, 0.15) is 11.4 Å². The van der Waals surface area contributed by atoms with Crippen molar-refractivity contribution in [3.8, 4) is 11.8 Å². The number of para-hydroxylation sites is 1. The van der Waals surface area contributed by atoms with Gasteiger partial charge in [0, 0.05) is 19.5 Å². The topological polar surface area (TPSA) is 103 Å². The normalized spacial score (nSPS) is 18.9. The maximum absolute atomic E-state index is 10.9. The summed E-state index contributed by atoms with van der Waals surface area (Å²) in [6.07, 6.45) is 2.19. The predicted octanol–water partition coefficient (Wildman–Crippen LogP) is 3.20. The molecule has 3 rings (SSSR count). The van der Waals surface area contributed by atoms with Crippen molar-refractivity contribution < 1.29 is 19.7 Å². The monoisotopic (exact) mass is 394 g/mol. The van der Waals surface area contributed by atoms with E-state index >= 15 is 0 Å². The number of carbonyl (C=O) groups is 1. The fourth-order valence-electron chi connectivity index (χ4n) is 3.78. The Balaban J connectivity index is 1.64. The smallest absolute Gasteiger partial charge is 0.303 e. The summed E-state index contributed by atoms with van der Waals surface area (Å²) in [7, 11) is 0. The summed E-state index contributed by atoms with van der Waals surface area (Å²) >= 11 is 0. The lowest BCUT2D eigenvalue weighted by atomic mass is 9.86. The Labute approximate surface area is 170 Å². The zero-order chi connectivity index (χ0) is 20.7. The number of fused-ring (bicyclic) bond motifs is 1. The second kappa shape index (κ2) is 9.55. The van der Waals surface area contributed by atoms with Crippen molar-refractivity contribution in [1.82, 2.24) is 5.32 Å². The van der Waals surface area contributed by atoms with Crippen molar-refractivity contribution in [1.29, 1.82) is 5.26 Å². The first-order valence-electron chi connectivity index (χ1n) is 9.89. The molecule has 2 unspecified atom stereocenters. The second-order valence-corrected chi connectivity index (χ2v) is 7.52. The number of ether oxygens (including phenoxy) is 1. The number of nitrogens with one attached hydrogen (secondary N) is 1. The molecule has 2 aromatic rings. The number of aryl methyl sites for hydroxylation is 1. The molecule has 1 heterocycles. The van der Waals surface area contributed by atoms with Gasteiger partial charge in [-0.05, 0) is 55.0 Å². The number of nitriles is 1. The van der Waals surface area contributed by atoms with Crippen LogP contribution in [0.2, 0.25) is 0 Å². The molecule has 0 amide bonds. The molecule has 1 aliphatic heterocycles. The number of hydrogen-bond donors (Lipinski definition) is 3. The summed E-state index contributed by atoms with van der Waals surface area (Å²) in [5.41, 5.74) is 1.86. The van der Waals surface area contributed by atoms with Gasteiger partial charge in [0.25, 0.3) is 0 Å². The molecular weight excluding hydrogens is 368 g/mol. The molecule has 152 valence electrons. The van der Waals surface area contributed by atoms with Crippen LogP contribution in [0.25, 0.3) is 0 Å². The van der Waals surface area contributed by atoms with E-state index in [0.29, 0.717) is 37.1 Å². The van der Waals surface area contributed by atoms with E-state index in [-0.39, 0.29) is 6.42 Å². The molecule has 2 atom stereocenters. The molecule has 0 radical (unpaired) electrons. The Kier molecular flexibility index (Phi) is 6.86. The van der Waals surface area contributed by atoms with Gasteiger partial charge in [0.2, 0.25) is 0 Å². The summed E-state index contributed by atoms with van der Waals surface area (Å²) in [5, 5.41) is 31.8. The highest BCUT2D eigenvalue weighted by Gasteiger charge is 2.35. The van der Waals surface area contributed by atoms with Crippen LogP contribution in [0.3, 0.4) is 0 Å². The second-order valence-electron chi connectivity index (χ2n) is 7.52. The molecule has 0 aromatic heterocycles. The van der Waals surface area contributed by atoms with Crippen LogP contribution in [-0.4, -0.2) is 34.9 Å². The van der Waals surface area contributed by atoms with Crippen molar-refractivity contribution in [3.63, 3.8) is 0 Å². The Morgan fingerprint density at radius 3 is 2.90 bits per heavy atom. The molecule has 3 N–H and O–H groups in total. The molecule has 6 heteroatoms. The van der Waals surface area contributed by atoms with Gasteiger partial charge in [-0.2, -0.15) is 5.26 Å². The molecule has 1 aliphatic rings. The van der Waals surface area contributed by atoms with Crippen molar-refractivity contribution in [3.05, 3.63) is 65.2 Å². The van der Waals surface area contributed by atoms with Crippen LogP contribution >= 0.6 is 0 Å². The standard InChI is InChI=1S/C23H26N2O4/c24-14-17-5-3-7-19(13-17)20(26)15-25-16-23(11-4-9-22(27)28)12-10-18-6-1-2-8-21(18)29-23/h1-3,5-8,13,20,25-26H,4,9-12,15-16H2,(H,27,28). The van der Waals surface area contributed by atoms with E-state index in [2.05, 4.69) is 17.5 Å². The largest absolute Gasteiger partial charge is 0.486 e. The van der Waals surface area contributed by atoms with Crippen LogP contribution in [0.15, 0.2) is 48.5 Å². The highest BCUT2D eigenvalue weighted by Crippen LogP contribution is 2.36. The van der Waals surface area contributed by atoms with E-state index in [9.17, 15) is 9.90 Å². The Morgan fingerprint density at radius 1 is 1.28 bits per heavy atom. The van der Waals surface area contributed by atoms with Gasteiger partial charge in [-0.1, -0.05) is 30.3 Å². The fraction of sp³-hybridized carbons (Fsp3) is 0.391. The van der Waals surface area contributed by atoms with Gasteiger partial charge in [-0.3, -0.25) is 4.79 Å². The SMILES string of the molecule is N#Cc1cccc(C(O)CNCC2(CCCC(=O)O)CCc3ccccc3O2)c1. The Bertz CT molecular complexity index is 892. The number of hydrogen-bond acceptors (Lipinski definition) is 5. The highest BCUT2D eigenvalue weighted by atomic mass is 16.5. The van der Waals surface area contributed by atoms with Crippen molar-refractivity contribution in [2.24, 2.45) is 0 Å². The van der Waals surface area contributed by atoms with Crippen LogP contribution in [0.1, 0.15) is 48.5 Å². The lowest BCUT2D eigenvalue weighted by Gasteiger charge is -2.39. The number of benzene rings is 2. The summed E-state index contributed by atoms with van der Waals surface area (Å²) in [5.74, 6) is 0.0373. The number of aliphatic hydroxyl groups is 1. The van der Waals surface area contributed by atoms with Crippen LogP contribution in [0.5, 0.6) is 5.75 Å². The number of aliphatic carboxylic acids is 1. The van der Waals surface area contributed by atoms with E-state index in [0.717, 1.165) is 24.2 Å². The molecule has 0 saturated heterocycles. The molecule has 0 fully saturated rings. The molecule has 29 heavy (non-hydrogen) atoms. The summed E-state index contributed by atoms with van der Waals surface area (Å²) in [4.78, 5) is 10.9. The summed E-state index contributed by atoms with van der Waals surface area (Å²) < 4.78 is 6.35. The first-order chi connectivity index (χ1) is 14.0. The van der Waals surface area contributed by atoms with E-state index in [1.807, 2.05) is 18.2 Å². The van der Waals surface area contributed by atoms with Crippen LogP contribution < -0.4 is 10.1 Å². The van der Waals surface area contributed by atoms with Gasteiger partial charge in [-0.15, -0.1) is 0 Å². The van der Waals surface area contributed by atoms with Gasteiger partial charge in [0.15, 0.2) is 0 Å². The fourth-order valence-corrected chi connectivity index (χ4v) is 3.78. The number of nitrogens with zero attached hydrogens (tertiary/aromatic N) is 1. The van der Waals surface area contributed by atoms with Gasteiger partial charge in [0.05, 0.1) is 17.7 Å². The third kappa shape index (κ3) is 5.57. The molecule has 0 saturated carbocycles. The number of aliphatic hydroxyl groups excluding tert-OH is 1. The summed E-state index contributed by atoms with van der Waals surface area (Å²) in [6, 6.07) is 16.9. The lowest BCUT2D eigenvalue weighted by Crippen LogP contribution is -2.48. The van der Waals surface area contributed by atoms with Crippen molar-refractivity contribution >= 4 is 5.97 Å². The molecule has 0 aliphatic carbocycles. The summed E-state index contributed by atoms with van der Waals surface area (Å²) in [6.45, 7) is 0.830. The third-order valence-electron chi connectivity index (χ3n) is 5.36. The van der Waals surface area contributed by atoms with E-state index < -0.39 is 17.7 Å². The van der Waals surface area contributed by atoms with E-state index in [4.69, 9.17) is 15.1 Å². The number of carboxylic acid groups (broad SMARTS) is 1. The average molecular weight is 394 g/mol. The zero-order valence-electron chi connectivity index (χ0n) is 16.3. The minimum atomic E-state index is -0.808. The number of carboxylic acids is 1. The van der Waals surface area contributed by atoms with E-state index in [1.54, 1.807) is 24.3 Å². The molecule has 2 aromatic carbocycles. The first-order valence-corrected chi connectivity index (χ1v) is 9.89. The quantitative estimate of drug-likeness (QED) is 0.604. The van der Waals surface area contributed by atoms with E-state index in [1.165, 1.54) is 0 Å². The Morgan fingerprint density at radius 2 is 2.10 bits per heavy atom. The minimum Gasteiger partial charge on any atom is -0.486 e. The van der Waals surface area contributed by atoms with Gasteiger partial charge in [-0.25, -0.2) is 0 Å². The maximum Gasteiger partial charge on any atom is 0.303 e.